The van der Waals surface area contributed by atoms with E-state index in [9.17, 15) is 0 Å². The number of aryl methyl sites for hydroxylation is 1. The second kappa shape index (κ2) is 6.30. The maximum absolute atomic E-state index is 6.22. The van der Waals surface area contributed by atoms with Crippen LogP contribution in [0.3, 0.4) is 0 Å². The van der Waals surface area contributed by atoms with Crippen LogP contribution in [0.25, 0.3) is 0 Å². The van der Waals surface area contributed by atoms with Crippen LogP contribution in [0, 0.1) is 12.8 Å². The minimum atomic E-state index is 0.829. The Bertz CT molecular complexity index is 354. The molecule has 1 aliphatic rings. The maximum atomic E-state index is 6.22. The van der Waals surface area contributed by atoms with Crippen LogP contribution in [-0.2, 0) is 0 Å². The van der Waals surface area contributed by atoms with Gasteiger partial charge in [0.1, 0.15) is 0 Å². The molecule has 2 rings (SSSR count). The number of nitrogens with one attached hydrogen (secondary N) is 1. The molecular weight excluding hydrogens is 230 g/mol. The van der Waals surface area contributed by atoms with Crippen molar-refractivity contribution in [1.82, 2.24) is 0 Å². The SMILES string of the molecule is Cc1ccc(NCC2CCCCCC2)c(Cl)c1. The number of halogens is 1. The first-order valence-corrected chi connectivity index (χ1v) is 7.13. The molecule has 1 nitrogen and oxygen atoms in total. The summed E-state index contributed by atoms with van der Waals surface area (Å²) in [6, 6.07) is 6.23. The summed E-state index contributed by atoms with van der Waals surface area (Å²) >= 11 is 6.22. The van der Waals surface area contributed by atoms with Gasteiger partial charge in [-0.15, -0.1) is 0 Å². The van der Waals surface area contributed by atoms with Crippen LogP contribution in [0.15, 0.2) is 18.2 Å². The molecule has 17 heavy (non-hydrogen) atoms. The molecular formula is C15H22ClN. The van der Waals surface area contributed by atoms with Crippen molar-refractivity contribution in [1.29, 1.82) is 0 Å². The molecule has 0 spiro atoms. The third-order valence-corrected chi connectivity index (χ3v) is 3.99. The molecule has 0 unspecified atom stereocenters. The molecule has 0 aromatic heterocycles. The van der Waals surface area contributed by atoms with Crippen LogP contribution in [0.2, 0.25) is 5.02 Å². The molecule has 0 atom stereocenters. The van der Waals surface area contributed by atoms with Gasteiger partial charge >= 0.3 is 0 Å². The molecule has 0 amide bonds. The fraction of sp³-hybridized carbons (Fsp3) is 0.600. The summed E-state index contributed by atoms with van der Waals surface area (Å²) in [5, 5.41) is 4.35. The molecule has 0 bridgehead atoms. The Morgan fingerprint density at radius 2 is 1.88 bits per heavy atom. The molecule has 0 radical (unpaired) electrons. The van der Waals surface area contributed by atoms with E-state index in [0.29, 0.717) is 0 Å². The standard InChI is InChI=1S/C15H22ClN/c1-12-8-9-15(14(16)10-12)17-11-13-6-4-2-3-5-7-13/h8-10,13,17H,2-7,11H2,1H3. The van der Waals surface area contributed by atoms with Crippen molar-refractivity contribution in [3.63, 3.8) is 0 Å². The Morgan fingerprint density at radius 3 is 2.53 bits per heavy atom. The summed E-state index contributed by atoms with van der Waals surface area (Å²) in [7, 11) is 0. The van der Waals surface area contributed by atoms with Gasteiger partial charge in [-0.2, -0.15) is 0 Å². The van der Waals surface area contributed by atoms with E-state index in [-0.39, 0.29) is 0 Å². The largest absolute Gasteiger partial charge is 0.384 e. The van der Waals surface area contributed by atoms with Gasteiger partial charge in [0.05, 0.1) is 10.7 Å². The predicted molar refractivity (Wildman–Crippen MR) is 75.9 cm³/mol. The van der Waals surface area contributed by atoms with Crippen molar-refractivity contribution >= 4 is 17.3 Å². The normalized spacial score (nSPS) is 17.8. The first-order chi connectivity index (χ1) is 8.25. The lowest BCUT2D eigenvalue weighted by Gasteiger charge is -2.16. The monoisotopic (exact) mass is 251 g/mol. The summed E-state index contributed by atoms with van der Waals surface area (Å²) in [6.45, 7) is 3.14. The van der Waals surface area contributed by atoms with Gasteiger partial charge in [-0.25, -0.2) is 0 Å². The van der Waals surface area contributed by atoms with E-state index in [0.717, 1.165) is 23.2 Å². The lowest BCUT2D eigenvalue weighted by molar-refractivity contribution is 0.483. The van der Waals surface area contributed by atoms with Crippen LogP contribution in [0.4, 0.5) is 5.69 Å². The second-order valence-electron chi connectivity index (χ2n) is 5.22. The molecule has 2 heteroatoms. The molecule has 1 saturated carbocycles. The smallest absolute Gasteiger partial charge is 0.0640 e. The van der Waals surface area contributed by atoms with E-state index in [1.807, 2.05) is 6.07 Å². The molecule has 1 aromatic carbocycles. The van der Waals surface area contributed by atoms with Crippen molar-refractivity contribution in [2.75, 3.05) is 11.9 Å². The highest BCUT2D eigenvalue weighted by Gasteiger charge is 2.12. The van der Waals surface area contributed by atoms with Crippen LogP contribution in [0.1, 0.15) is 44.1 Å². The van der Waals surface area contributed by atoms with Crippen molar-refractivity contribution in [3.05, 3.63) is 28.8 Å². The van der Waals surface area contributed by atoms with Crippen molar-refractivity contribution in [2.45, 2.75) is 45.4 Å². The maximum Gasteiger partial charge on any atom is 0.0640 e. The van der Waals surface area contributed by atoms with Gasteiger partial charge in [0, 0.05) is 6.54 Å². The molecule has 1 aliphatic carbocycles. The van der Waals surface area contributed by atoms with E-state index in [2.05, 4.69) is 24.4 Å². The Hall–Kier alpha value is -0.690. The van der Waals surface area contributed by atoms with Gasteiger partial charge in [-0.1, -0.05) is 43.4 Å². The van der Waals surface area contributed by atoms with E-state index < -0.39 is 0 Å². The number of benzene rings is 1. The summed E-state index contributed by atoms with van der Waals surface area (Å²) in [5.41, 5.74) is 2.30. The van der Waals surface area contributed by atoms with Crippen molar-refractivity contribution < 1.29 is 0 Å². The topological polar surface area (TPSA) is 12.0 Å². The van der Waals surface area contributed by atoms with Crippen molar-refractivity contribution in [3.8, 4) is 0 Å². The number of hydrogen-bond donors (Lipinski definition) is 1. The average molecular weight is 252 g/mol. The van der Waals surface area contributed by atoms with E-state index in [1.54, 1.807) is 0 Å². The predicted octanol–water partition coefficient (Wildman–Crippen LogP) is 5.03. The molecule has 0 aliphatic heterocycles. The summed E-state index contributed by atoms with van der Waals surface area (Å²) < 4.78 is 0. The number of rotatable bonds is 3. The Morgan fingerprint density at radius 1 is 1.18 bits per heavy atom. The number of anilines is 1. The van der Waals surface area contributed by atoms with Crippen LogP contribution in [0.5, 0.6) is 0 Å². The molecule has 94 valence electrons. The minimum absolute atomic E-state index is 0.829. The van der Waals surface area contributed by atoms with E-state index >= 15 is 0 Å². The van der Waals surface area contributed by atoms with E-state index in [4.69, 9.17) is 11.6 Å². The van der Waals surface area contributed by atoms with Gasteiger partial charge < -0.3 is 5.32 Å². The average Bonchev–Trinajstić information content (AvgIpc) is 2.56. The first kappa shape index (κ1) is 12.8. The second-order valence-corrected chi connectivity index (χ2v) is 5.63. The van der Waals surface area contributed by atoms with Gasteiger partial charge in [-0.05, 0) is 43.4 Å². The first-order valence-electron chi connectivity index (χ1n) is 6.76. The zero-order chi connectivity index (χ0) is 12.1. The van der Waals surface area contributed by atoms with Gasteiger partial charge in [0.25, 0.3) is 0 Å². The lowest BCUT2D eigenvalue weighted by atomic mass is 10.0. The van der Waals surface area contributed by atoms with Crippen molar-refractivity contribution in [2.24, 2.45) is 5.92 Å². The highest BCUT2D eigenvalue weighted by Crippen LogP contribution is 2.26. The summed E-state index contributed by atoms with van der Waals surface area (Å²) in [5.74, 6) is 0.829. The third kappa shape index (κ3) is 3.92. The van der Waals surface area contributed by atoms with Crippen LogP contribution in [-0.4, -0.2) is 6.54 Å². The summed E-state index contributed by atoms with van der Waals surface area (Å²) in [6.07, 6.45) is 8.37. The van der Waals surface area contributed by atoms with Gasteiger partial charge in [0.15, 0.2) is 0 Å². The van der Waals surface area contributed by atoms with Crippen LogP contribution >= 0.6 is 11.6 Å². The Kier molecular flexibility index (Phi) is 4.73. The minimum Gasteiger partial charge on any atom is -0.384 e. The fourth-order valence-corrected chi connectivity index (χ4v) is 2.89. The molecule has 1 fully saturated rings. The Balaban J connectivity index is 1.88. The van der Waals surface area contributed by atoms with Crippen LogP contribution < -0.4 is 5.32 Å². The van der Waals surface area contributed by atoms with E-state index in [1.165, 1.54) is 44.1 Å². The molecule has 0 saturated heterocycles. The summed E-state index contributed by atoms with van der Waals surface area (Å²) in [4.78, 5) is 0. The van der Waals surface area contributed by atoms with Gasteiger partial charge in [-0.3, -0.25) is 0 Å². The zero-order valence-electron chi connectivity index (χ0n) is 10.6. The molecule has 1 N–H and O–H groups in total. The zero-order valence-corrected chi connectivity index (χ0v) is 11.4. The highest BCUT2D eigenvalue weighted by molar-refractivity contribution is 6.33. The highest BCUT2D eigenvalue weighted by atomic mass is 35.5. The lowest BCUT2D eigenvalue weighted by Crippen LogP contribution is -2.13. The molecule has 1 aromatic rings. The number of hydrogen-bond acceptors (Lipinski definition) is 1. The third-order valence-electron chi connectivity index (χ3n) is 3.68. The Labute approximate surface area is 110 Å². The quantitative estimate of drug-likeness (QED) is 0.743. The fourth-order valence-electron chi connectivity index (χ4n) is 2.59. The molecule has 0 heterocycles. The van der Waals surface area contributed by atoms with Gasteiger partial charge in [0.2, 0.25) is 0 Å².